The molecule has 31 heavy (non-hydrogen) atoms. The van der Waals surface area contributed by atoms with Gasteiger partial charge in [-0.05, 0) is 54.3 Å². The highest BCUT2D eigenvalue weighted by atomic mass is 16.5. The molecule has 0 bridgehead atoms. The van der Waals surface area contributed by atoms with Crippen LogP contribution in [0.15, 0.2) is 54.4 Å². The van der Waals surface area contributed by atoms with Gasteiger partial charge in [0, 0.05) is 38.2 Å². The van der Waals surface area contributed by atoms with Crippen molar-refractivity contribution in [2.24, 2.45) is 5.92 Å². The molecule has 1 aliphatic rings. The van der Waals surface area contributed by atoms with Gasteiger partial charge < -0.3 is 19.5 Å². The predicted molar refractivity (Wildman–Crippen MR) is 117 cm³/mol. The molecule has 0 radical (unpaired) electrons. The van der Waals surface area contributed by atoms with E-state index in [0.29, 0.717) is 49.0 Å². The van der Waals surface area contributed by atoms with Gasteiger partial charge in [0.2, 0.25) is 0 Å². The van der Waals surface area contributed by atoms with Crippen LogP contribution in [0.3, 0.4) is 0 Å². The number of benzene rings is 1. The molecule has 0 aliphatic carbocycles. The minimum atomic E-state index is -0.697. The molecule has 1 aromatic carbocycles. The third-order valence-electron chi connectivity index (χ3n) is 5.02. The van der Waals surface area contributed by atoms with E-state index >= 15 is 0 Å². The summed E-state index contributed by atoms with van der Waals surface area (Å²) in [6.45, 7) is 5.50. The van der Waals surface area contributed by atoms with E-state index in [1.807, 2.05) is 0 Å². The van der Waals surface area contributed by atoms with Crippen LogP contribution >= 0.6 is 0 Å². The average molecular weight is 424 g/mol. The molecule has 1 atom stereocenters. The molecule has 1 fully saturated rings. The van der Waals surface area contributed by atoms with Gasteiger partial charge in [0.15, 0.2) is 0 Å². The zero-order valence-corrected chi connectivity index (χ0v) is 18.1. The van der Waals surface area contributed by atoms with Crippen molar-refractivity contribution in [1.29, 1.82) is 0 Å². The number of aliphatic hydroxyl groups excluding tert-OH is 1. The van der Waals surface area contributed by atoms with Gasteiger partial charge in [0.25, 0.3) is 11.7 Å². The second-order valence-corrected chi connectivity index (χ2v) is 7.85. The van der Waals surface area contributed by atoms with E-state index in [4.69, 9.17) is 9.47 Å². The van der Waals surface area contributed by atoms with Crippen molar-refractivity contribution in [1.82, 2.24) is 9.88 Å². The highest BCUT2D eigenvalue weighted by Gasteiger charge is 2.45. The van der Waals surface area contributed by atoms with Gasteiger partial charge in [0.05, 0.1) is 18.2 Å². The number of carbonyl (C=O) groups is 2. The van der Waals surface area contributed by atoms with Gasteiger partial charge in [-0.25, -0.2) is 0 Å². The molecule has 0 unspecified atom stereocenters. The smallest absolute Gasteiger partial charge is 0.295 e. The maximum atomic E-state index is 12.9. The molecular weight excluding hydrogens is 396 g/mol. The van der Waals surface area contributed by atoms with Crippen molar-refractivity contribution in [2.45, 2.75) is 26.3 Å². The average Bonchev–Trinajstić information content (AvgIpc) is 3.03. The Bertz CT molecular complexity index is 938. The number of aliphatic hydroxyl groups is 1. The van der Waals surface area contributed by atoms with Crippen LogP contribution in [0.1, 0.15) is 37.4 Å². The quantitative estimate of drug-likeness (QED) is 0.286. The van der Waals surface area contributed by atoms with Crippen molar-refractivity contribution in [3.05, 3.63) is 65.5 Å². The molecule has 2 aromatic rings. The normalized spacial score (nSPS) is 18.1. The molecule has 0 saturated carbocycles. The van der Waals surface area contributed by atoms with Crippen molar-refractivity contribution in [2.75, 3.05) is 26.9 Å². The Balaban J connectivity index is 1.98. The summed E-state index contributed by atoms with van der Waals surface area (Å²) in [5.74, 6) is -0.462. The van der Waals surface area contributed by atoms with Crippen LogP contribution < -0.4 is 4.74 Å². The number of ether oxygens (including phenoxy) is 2. The highest BCUT2D eigenvalue weighted by Crippen LogP contribution is 2.39. The fourth-order valence-electron chi connectivity index (χ4n) is 3.51. The minimum Gasteiger partial charge on any atom is -0.507 e. The topological polar surface area (TPSA) is 89.0 Å². The Hall–Kier alpha value is -3.19. The number of rotatable bonds is 9. The van der Waals surface area contributed by atoms with Crippen LogP contribution in [0.25, 0.3) is 5.76 Å². The molecule has 164 valence electrons. The standard InChI is InChI=1S/C24H28N2O5/c1-16(2)15-31-19-7-5-18(6-8-19)22(27)20-21(17-9-11-25-12-10-17)26(13-4-14-30-3)24(29)23(20)28/h5-12,16,21,27H,4,13-15H2,1-3H3/t21-/m1/s1. The second kappa shape index (κ2) is 10.2. The van der Waals surface area contributed by atoms with E-state index in [-0.39, 0.29) is 11.3 Å². The van der Waals surface area contributed by atoms with Crippen LogP contribution in [0.4, 0.5) is 0 Å². The van der Waals surface area contributed by atoms with Crippen molar-refractivity contribution >= 4 is 17.4 Å². The number of Topliss-reactive ketones (excluding diaryl/α,β-unsaturated/α-hetero) is 1. The molecule has 1 aliphatic heterocycles. The maximum Gasteiger partial charge on any atom is 0.295 e. The van der Waals surface area contributed by atoms with Gasteiger partial charge >= 0.3 is 0 Å². The summed E-state index contributed by atoms with van der Waals surface area (Å²) >= 11 is 0. The summed E-state index contributed by atoms with van der Waals surface area (Å²) in [5, 5.41) is 11.0. The largest absolute Gasteiger partial charge is 0.507 e. The van der Waals surface area contributed by atoms with E-state index in [2.05, 4.69) is 18.8 Å². The number of amides is 1. The highest BCUT2D eigenvalue weighted by molar-refractivity contribution is 6.46. The third kappa shape index (κ3) is 5.11. The van der Waals surface area contributed by atoms with E-state index in [9.17, 15) is 14.7 Å². The summed E-state index contributed by atoms with van der Waals surface area (Å²) in [4.78, 5) is 31.2. The van der Waals surface area contributed by atoms with E-state index in [1.54, 1.807) is 55.9 Å². The first-order valence-corrected chi connectivity index (χ1v) is 10.3. The van der Waals surface area contributed by atoms with E-state index < -0.39 is 17.7 Å². The van der Waals surface area contributed by atoms with Gasteiger partial charge in [-0.15, -0.1) is 0 Å². The molecule has 1 aromatic heterocycles. The first-order chi connectivity index (χ1) is 14.9. The van der Waals surface area contributed by atoms with Crippen LogP contribution in [0.5, 0.6) is 5.75 Å². The Morgan fingerprint density at radius 3 is 2.42 bits per heavy atom. The molecule has 1 amide bonds. The molecule has 2 heterocycles. The lowest BCUT2D eigenvalue weighted by molar-refractivity contribution is -0.140. The molecular formula is C24H28N2O5. The van der Waals surface area contributed by atoms with Crippen molar-refractivity contribution in [3.8, 4) is 5.75 Å². The Kier molecular flexibility index (Phi) is 7.41. The Labute approximate surface area is 182 Å². The second-order valence-electron chi connectivity index (χ2n) is 7.85. The fraction of sp³-hybridized carbons (Fsp3) is 0.375. The fourth-order valence-corrected chi connectivity index (χ4v) is 3.51. The molecule has 1 N–H and O–H groups in total. The van der Waals surface area contributed by atoms with Crippen LogP contribution in [-0.4, -0.2) is 53.5 Å². The molecule has 7 nitrogen and oxygen atoms in total. The summed E-state index contributed by atoms with van der Waals surface area (Å²) in [6, 6.07) is 9.67. The van der Waals surface area contributed by atoms with Gasteiger partial charge in [0.1, 0.15) is 11.5 Å². The Morgan fingerprint density at radius 1 is 1.13 bits per heavy atom. The molecule has 7 heteroatoms. The number of hydrogen-bond acceptors (Lipinski definition) is 6. The van der Waals surface area contributed by atoms with E-state index in [1.165, 1.54) is 4.90 Å². The van der Waals surface area contributed by atoms with Gasteiger partial charge in [-0.1, -0.05) is 13.8 Å². The number of pyridine rings is 1. The first kappa shape index (κ1) is 22.5. The number of methoxy groups -OCH3 is 1. The minimum absolute atomic E-state index is 0.0736. The number of nitrogens with zero attached hydrogens (tertiary/aromatic N) is 2. The third-order valence-corrected chi connectivity index (χ3v) is 5.02. The van der Waals surface area contributed by atoms with Gasteiger partial charge in [-0.3, -0.25) is 14.6 Å². The number of ketones is 1. The first-order valence-electron chi connectivity index (χ1n) is 10.3. The lowest BCUT2D eigenvalue weighted by Gasteiger charge is -2.25. The number of hydrogen-bond donors (Lipinski definition) is 1. The van der Waals surface area contributed by atoms with E-state index in [0.717, 1.165) is 0 Å². The van der Waals surface area contributed by atoms with Crippen LogP contribution in [0.2, 0.25) is 0 Å². The van der Waals surface area contributed by atoms with Crippen LogP contribution in [0, 0.1) is 5.92 Å². The monoisotopic (exact) mass is 424 g/mol. The Morgan fingerprint density at radius 2 is 1.81 bits per heavy atom. The summed E-state index contributed by atoms with van der Waals surface area (Å²) < 4.78 is 10.8. The molecule has 0 spiro atoms. The predicted octanol–water partition coefficient (Wildman–Crippen LogP) is 3.57. The number of likely N-dealkylation sites (tertiary alicyclic amines) is 1. The summed E-state index contributed by atoms with van der Waals surface area (Å²) in [6.07, 6.45) is 3.78. The summed E-state index contributed by atoms with van der Waals surface area (Å²) in [7, 11) is 1.59. The molecule has 1 saturated heterocycles. The SMILES string of the molecule is COCCCN1C(=O)C(=O)C(=C(O)c2ccc(OCC(C)C)cc2)[C@H]1c1ccncc1. The summed E-state index contributed by atoms with van der Waals surface area (Å²) in [5.41, 5.74) is 1.24. The number of aromatic nitrogens is 1. The van der Waals surface area contributed by atoms with Gasteiger partial charge in [-0.2, -0.15) is 0 Å². The lowest BCUT2D eigenvalue weighted by atomic mass is 9.96. The zero-order chi connectivity index (χ0) is 22.4. The molecule has 3 rings (SSSR count). The van der Waals surface area contributed by atoms with Crippen molar-refractivity contribution in [3.63, 3.8) is 0 Å². The van der Waals surface area contributed by atoms with Crippen LogP contribution in [-0.2, 0) is 14.3 Å². The number of carbonyl (C=O) groups excluding carboxylic acids is 2. The zero-order valence-electron chi connectivity index (χ0n) is 18.1. The van der Waals surface area contributed by atoms with Crippen molar-refractivity contribution < 1.29 is 24.2 Å². The lowest BCUT2D eigenvalue weighted by Crippen LogP contribution is -2.31. The maximum absolute atomic E-state index is 12.9.